The summed E-state index contributed by atoms with van der Waals surface area (Å²) in [5.74, 6) is 0. The summed E-state index contributed by atoms with van der Waals surface area (Å²) in [5, 5.41) is 3.51. The summed E-state index contributed by atoms with van der Waals surface area (Å²) in [6, 6.07) is 2.20. The van der Waals surface area contributed by atoms with Crippen molar-refractivity contribution >= 4 is 43.2 Å². The number of halogens is 2. The third kappa shape index (κ3) is 3.38. The molecule has 18 heavy (non-hydrogen) atoms. The first-order chi connectivity index (χ1) is 8.72. The van der Waals surface area contributed by atoms with Crippen molar-refractivity contribution < 1.29 is 0 Å². The van der Waals surface area contributed by atoms with Crippen molar-refractivity contribution in [3.05, 3.63) is 43.5 Å². The van der Waals surface area contributed by atoms with E-state index in [9.17, 15) is 0 Å². The van der Waals surface area contributed by atoms with E-state index in [2.05, 4.69) is 60.1 Å². The quantitative estimate of drug-likeness (QED) is 0.833. The molecule has 0 aliphatic heterocycles. The molecule has 0 saturated carbocycles. The standard InChI is InChI=1S/C12H13Br2N3S/c1-2-3-17-11(9-7-15-4-5-16-9)8-6-10(13)18-12(8)14/h4-7,11,17H,2-3H2,1H3. The zero-order valence-corrected chi connectivity index (χ0v) is 13.8. The van der Waals surface area contributed by atoms with Crippen LogP contribution in [0, 0.1) is 0 Å². The Bertz CT molecular complexity index is 501. The number of hydrogen-bond donors (Lipinski definition) is 1. The number of rotatable bonds is 5. The monoisotopic (exact) mass is 389 g/mol. The molecule has 3 nitrogen and oxygen atoms in total. The molecule has 0 aliphatic carbocycles. The number of nitrogens with one attached hydrogen (secondary N) is 1. The van der Waals surface area contributed by atoms with Gasteiger partial charge in [0.25, 0.3) is 0 Å². The highest BCUT2D eigenvalue weighted by molar-refractivity contribution is 9.12. The van der Waals surface area contributed by atoms with Gasteiger partial charge in [-0.1, -0.05) is 6.92 Å². The summed E-state index contributed by atoms with van der Waals surface area (Å²) in [5.41, 5.74) is 2.14. The molecule has 0 fully saturated rings. The molecule has 1 N–H and O–H groups in total. The van der Waals surface area contributed by atoms with Crippen LogP contribution in [0.4, 0.5) is 0 Å². The van der Waals surface area contributed by atoms with Crippen LogP contribution < -0.4 is 5.32 Å². The third-order valence-corrected chi connectivity index (χ3v) is 4.86. The van der Waals surface area contributed by atoms with E-state index in [0.717, 1.165) is 26.2 Å². The molecule has 0 aromatic carbocycles. The smallest absolute Gasteiger partial charge is 0.0802 e. The number of thiophene rings is 1. The van der Waals surface area contributed by atoms with Crippen molar-refractivity contribution in [1.82, 2.24) is 15.3 Å². The molecular formula is C12H13Br2N3S. The first kappa shape index (κ1) is 14.1. The molecule has 2 heterocycles. The molecular weight excluding hydrogens is 378 g/mol. The Labute approximate surface area is 127 Å². The van der Waals surface area contributed by atoms with Gasteiger partial charge in [0.2, 0.25) is 0 Å². The highest BCUT2D eigenvalue weighted by Crippen LogP contribution is 2.37. The Morgan fingerprint density at radius 2 is 2.22 bits per heavy atom. The Kier molecular flexibility index (Phi) is 5.29. The number of nitrogens with zero attached hydrogens (tertiary/aromatic N) is 2. The van der Waals surface area contributed by atoms with Crippen LogP contribution in [-0.4, -0.2) is 16.5 Å². The minimum Gasteiger partial charge on any atom is -0.305 e. The second-order valence-corrected chi connectivity index (χ2v) is 7.55. The normalized spacial score (nSPS) is 12.6. The number of aromatic nitrogens is 2. The summed E-state index contributed by atoms with van der Waals surface area (Å²) in [7, 11) is 0. The first-order valence-electron chi connectivity index (χ1n) is 5.66. The van der Waals surface area contributed by atoms with Crippen molar-refractivity contribution in [2.24, 2.45) is 0 Å². The predicted octanol–water partition coefficient (Wildman–Crippen LogP) is 4.15. The summed E-state index contributed by atoms with van der Waals surface area (Å²) < 4.78 is 2.23. The van der Waals surface area contributed by atoms with E-state index in [1.807, 2.05) is 6.20 Å². The maximum Gasteiger partial charge on any atom is 0.0802 e. The van der Waals surface area contributed by atoms with Crippen LogP contribution in [-0.2, 0) is 0 Å². The van der Waals surface area contributed by atoms with Gasteiger partial charge < -0.3 is 5.32 Å². The molecule has 2 aromatic heterocycles. The van der Waals surface area contributed by atoms with Crippen LogP contribution in [0.1, 0.15) is 30.6 Å². The van der Waals surface area contributed by atoms with Gasteiger partial charge in [0.1, 0.15) is 0 Å². The Morgan fingerprint density at radius 3 is 2.78 bits per heavy atom. The van der Waals surface area contributed by atoms with E-state index in [1.54, 1.807) is 23.7 Å². The minimum absolute atomic E-state index is 0.0792. The van der Waals surface area contributed by atoms with E-state index in [0.29, 0.717) is 0 Å². The van der Waals surface area contributed by atoms with E-state index in [4.69, 9.17) is 0 Å². The second-order valence-electron chi connectivity index (χ2n) is 3.80. The summed E-state index contributed by atoms with van der Waals surface area (Å²) in [4.78, 5) is 8.55. The highest BCUT2D eigenvalue weighted by atomic mass is 79.9. The molecule has 0 aliphatic rings. The fraction of sp³-hybridized carbons (Fsp3) is 0.333. The molecule has 6 heteroatoms. The molecule has 2 rings (SSSR count). The van der Waals surface area contributed by atoms with Crippen LogP contribution in [0.3, 0.4) is 0 Å². The Balaban J connectivity index is 2.34. The van der Waals surface area contributed by atoms with Crippen molar-refractivity contribution in [2.75, 3.05) is 6.54 Å². The lowest BCUT2D eigenvalue weighted by atomic mass is 10.1. The third-order valence-electron chi connectivity index (χ3n) is 2.47. The average molecular weight is 391 g/mol. The van der Waals surface area contributed by atoms with Crippen molar-refractivity contribution in [2.45, 2.75) is 19.4 Å². The van der Waals surface area contributed by atoms with Gasteiger partial charge in [0.15, 0.2) is 0 Å². The summed E-state index contributed by atoms with van der Waals surface area (Å²) in [6.07, 6.45) is 6.31. The maximum absolute atomic E-state index is 4.40. The maximum atomic E-state index is 4.40. The largest absolute Gasteiger partial charge is 0.305 e. The van der Waals surface area contributed by atoms with Crippen LogP contribution in [0.25, 0.3) is 0 Å². The van der Waals surface area contributed by atoms with Crippen LogP contribution in [0.5, 0.6) is 0 Å². The summed E-state index contributed by atoms with van der Waals surface area (Å²) >= 11 is 8.79. The molecule has 0 spiro atoms. The van der Waals surface area contributed by atoms with E-state index in [-0.39, 0.29) is 6.04 Å². The van der Waals surface area contributed by atoms with Gasteiger partial charge in [-0.25, -0.2) is 0 Å². The van der Waals surface area contributed by atoms with Gasteiger partial charge in [-0.2, -0.15) is 0 Å². The molecule has 0 saturated heterocycles. The van der Waals surface area contributed by atoms with Crippen LogP contribution in [0.15, 0.2) is 32.2 Å². The van der Waals surface area contributed by atoms with Crippen LogP contribution in [0.2, 0.25) is 0 Å². The van der Waals surface area contributed by atoms with Crippen molar-refractivity contribution in [3.63, 3.8) is 0 Å². The molecule has 2 aromatic rings. The lowest BCUT2D eigenvalue weighted by Crippen LogP contribution is -2.24. The van der Waals surface area contributed by atoms with Crippen molar-refractivity contribution in [1.29, 1.82) is 0 Å². The molecule has 0 bridgehead atoms. The first-order valence-corrected chi connectivity index (χ1v) is 8.06. The molecule has 96 valence electrons. The molecule has 0 amide bonds. The van der Waals surface area contributed by atoms with Gasteiger partial charge in [-0.15, -0.1) is 11.3 Å². The van der Waals surface area contributed by atoms with Gasteiger partial charge in [-0.05, 0) is 50.9 Å². The van der Waals surface area contributed by atoms with Crippen molar-refractivity contribution in [3.8, 4) is 0 Å². The average Bonchev–Trinajstić information content (AvgIpc) is 2.70. The van der Waals surface area contributed by atoms with Gasteiger partial charge in [0, 0.05) is 18.0 Å². The van der Waals surface area contributed by atoms with Crippen LogP contribution >= 0.6 is 43.2 Å². The lowest BCUT2D eigenvalue weighted by molar-refractivity contribution is 0.584. The molecule has 0 radical (unpaired) electrons. The molecule has 1 unspecified atom stereocenters. The predicted molar refractivity (Wildman–Crippen MR) is 81.9 cm³/mol. The second kappa shape index (κ2) is 6.75. The minimum atomic E-state index is 0.0792. The summed E-state index contributed by atoms with van der Waals surface area (Å²) in [6.45, 7) is 3.10. The van der Waals surface area contributed by atoms with E-state index >= 15 is 0 Å². The lowest BCUT2D eigenvalue weighted by Gasteiger charge is -2.17. The zero-order valence-electron chi connectivity index (χ0n) is 9.86. The van der Waals surface area contributed by atoms with E-state index < -0.39 is 0 Å². The number of hydrogen-bond acceptors (Lipinski definition) is 4. The fourth-order valence-corrected chi connectivity index (χ4v) is 4.57. The highest BCUT2D eigenvalue weighted by Gasteiger charge is 2.19. The van der Waals surface area contributed by atoms with E-state index in [1.165, 1.54) is 5.56 Å². The van der Waals surface area contributed by atoms with Gasteiger partial charge >= 0.3 is 0 Å². The SMILES string of the molecule is CCCNC(c1cnccn1)c1cc(Br)sc1Br. The molecule has 1 atom stereocenters. The zero-order chi connectivity index (χ0) is 13.0. The topological polar surface area (TPSA) is 37.8 Å². The fourth-order valence-electron chi connectivity index (χ4n) is 1.67. The Hall–Kier alpha value is -0.300. The van der Waals surface area contributed by atoms with Gasteiger partial charge in [0.05, 0.1) is 25.5 Å². The Morgan fingerprint density at radius 1 is 1.39 bits per heavy atom. The van der Waals surface area contributed by atoms with Gasteiger partial charge in [-0.3, -0.25) is 9.97 Å².